The van der Waals surface area contributed by atoms with Crippen molar-refractivity contribution in [1.82, 2.24) is 9.88 Å². The van der Waals surface area contributed by atoms with E-state index in [-0.39, 0.29) is 6.10 Å². The van der Waals surface area contributed by atoms with Crippen molar-refractivity contribution in [3.63, 3.8) is 0 Å². The van der Waals surface area contributed by atoms with E-state index < -0.39 is 0 Å². The monoisotopic (exact) mass is 213 g/mol. The summed E-state index contributed by atoms with van der Waals surface area (Å²) in [4.78, 5) is 6.52. The molecule has 0 aliphatic carbocycles. The first kappa shape index (κ1) is 9.89. The van der Waals surface area contributed by atoms with Crippen LogP contribution in [0.25, 0.3) is 0 Å². The number of nitrogen functional groups attached to an aromatic ring is 1. The average Bonchev–Trinajstić information content (AvgIpc) is 2.56. The van der Waals surface area contributed by atoms with E-state index in [1.54, 1.807) is 0 Å². The van der Waals surface area contributed by atoms with Crippen molar-refractivity contribution in [3.8, 4) is 0 Å². The van der Waals surface area contributed by atoms with E-state index >= 15 is 0 Å². The van der Waals surface area contributed by atoms with Crippen molar-refractivity contribution < 1.29 is 5.11 Å². The normalized spacial score (nSPS) is 20.1. The maximum atomic E-state index is 9.34. The van der Waals surface area contributed by atoms with Crippen molar-refractivity contribution >= 4 is 16.5 Å². The molecule has 1 aromatic rings. The highest BCUT2D eigenvalue weighted by Gasteiger charge is 2.17. The number of hydrogen-bond acceptors (Lipinski definition) is 5. The number of aromatic nitrogens is 1. The van der Waals surface area contributed by atoms with Crippen molar-refractivity contribution in [1.29, 1.82) is 0 Å². The highest BCUT2D eigenvalue weighted by molar-refractivity contribution is 7.13. The van der Waals surface area contributed by atoms with Crippen LogP contribution in [0, 0.1) is 0 Å². The average molecular weight is 213 g/mol. The minimum atomic E-state index is -0.105. The maximum absolute atomic E-state index is 9.34. The molecular formula is C9H15N3OS. The predicted octanol–water partition coefficient (Wildman–Crippen LogP) is 0.682. The number of aliphatic hydroxyl groups is 1. The Morgan fingerprint density at radius 2 is 2.29 bits per heavy atom. The standard InChI is InChI=1S/C9H15N3OS/c10-9-11-7(6-14-9)5-12-3-1-8(13)2-4-12/h6,8,13H,1-5H2,(H2,10,11). The zero-order valence-corrected chi connectivity index (χ0v) is 8.83. The van der Waals surface area contributed by atoms with Gasteiger partial charge in [0.1, 0.15) is 0 Å². The number of nitrogens with two attached hydrogens (primary N) is 1. The molecule has 0 saturated carbocycles. The van der Waals surface area contributed by atoms with Gasteiger partial charge in [0.25, 0.3) is 0 Å². The van der Waals surface area contributed by atoms with Crippen LogP contribution in [-0.4, -0.2) is 34.2 Å². The molecule has 2 heterocycles. The lowest BCUT2D eigenvalue weighted by molar-refractivity contribution is 0.0787. The Morgan fingerprint density at radius 1 is 1.57 bits per heavy atom. The lowest BCUT2D eigenvalue weighted by atomic mass is 10.1. The molecule has 0 amide bonds. The smallest absolute Gasteiger partial charge is 0.180 e. The van der Waals surface area contributed by atoms with Gasteiger partial charge in [0.15, 0.2) is 5.13 Å². The molecule has 1 fully saturated rings. The molecule has 1 aliphatic heterocycles. The van der Waals surface area contributed by atoms with Gasteiger partial charge in [-0.25, -0.2) is 4.98 Å². The van der Waals surface area contributed by atoms with Crippen molar-refractivity contribution in [2.24, 2.45) is 0 Å². The summed E-state index contributed by atoms with van der Waals surface area (Å²) in [7, 11) is 0. The number of thiazole rings is 1. The molecule has 5 heteroatoms. The van der Waals surface area contributed by atoms with Crippen LogP contribution in [0.1, 0.15) is 18.5 Å². The van der Waals surface area contributed by atoms with Gasteiger partial charge in [-0.1, -0.05) is 0 Å². The van der Waals surface area contributed by atoms with E-state index in [1.165, 1.54) is 11.3 Å². The molecule has 0 atom stereocenters. The summed E-state index contributed by atoms with van der Waals surface area (Å²) in [6.45, 7) is 2.78. The van der Waals surface area contributed by atoms with E-state index in [0.29, 0.717) is 5.13 Å². The summed E-state index contributed by atoms with van der Waals surface area (Å²) >= 11 is 1.48. The van der Waals surface area contributed by atoms with E-state index in [9.17, 15) is 5.11 Å². The fourth-order valence-corrected chi connectivity index (χ4v) is 2.26. The zero-order valence-electron chi connectivity index (χ0n) is 8.02. The molecule has 1 aromatic heterocycles. The number of piperidine rings is 1. The molecule has 14 heavy (non-hydrogen) atoms. The molecule has 1 aliphatic rings. The molecular weight excluding hydrogens is 198 g/mol. The summed E-state index contributed by atoms with van der Waals surface area (Å²) in [6.07, 6.45) is 1.64. The second-order valence-corrected chi connectivity index (χ2v) is 4.57. The van der Waals surface area contributed by atoms with Crippen LogP contribution in [0.15, 0.2) is 5.38 Å². The van der Waals surface area contributed by atoms with Crippen LogP contribution < -0.4 is 5.73 Å². The molecule has 0 spiro atoms. The van der Waals surface area contributed by atoms with Gasteiger partial charge in [-0.15, -0.1) is 11.3 Å². The first-order chi connectivity index (χ1) is 6.74. The van der Waals surface area contributed by atoms with Crippen molar-refractivity contribution in [2.45, 2.75) is 25.5 Å². The third kappa shape index (κ3) is 2.43. The highest BCUT2D eigenvalue weighted by atomic mass is 32.1. The van der Waals surface area contributed by atoms with Gasteiger partial charge in [-0.2, -0.15) is 0 Å². The Balaban J connectivity index is 1.86. The summed E-state index contributed by atoms with van der Waals surface area (Å²) in [5.74, 6) is 0. The van der Waals surface area contributed by atoms with Gasteiger partial charge in [0.05, 0.1) is 11.8 Å². The number of nitrogens with zero attached hydrogens (tertiary/aromatic N) is 2. The van der Waals surface area contributed by atoms with Crippen molar-refractivity contribution in [2.75, 3.05) is 18.8 Å². The van der Waals surface area contributed by atoms with E-state index in [1.807, 2.05) is 5.38 Å². The van der Waals surface area contributed by atoms with E-state index in [4.69, 9.17) is 5.73 Å². The summed E-state index contributed by atoms with van der Waals surface area (Å²) in [5.41, 5.74) is 6.60. The molecule has 2 rings (SSSR count). The highest BCUT2D eigenvalue weighted by Crippen LogP contribution is 2.16. The second-order valence-electron chi connectivity index (χ2n) is 3.68. The van der Waals surface area contributed by atoms with E-state index in [0.717, 1.165) is 38.2 Å². The second kappa shape index (κ2) is 4.25. The minimum absolute atomic E-state index is 0.105. The van der Waals surface area contributed by atoms with Crippen LogP contribution in [0.2, 0.25) is 0 Å². The SMILES string of the molecule is Nc1nc(CN2CCC(O)CC2)cs1. The lowest BCUT2D eigenvalue weighted by Gasteiger charge is -2.28. The summed E-state index contributed by atoms with van der Waals surface area (Å²) in [5, 5.41) is 12.0. The molecule has 0 radical (unpaired) electrons. The fraction of sp³-hybridized carbons (Fsp3) is 0.667. The first-order valence-electron chi connectivity index (χ1n) is 4.84. The van der Waals surface area contributed by atoms with Gasteiger partial charge < -0.3 is 10.8 Å². The zero-order chi connectivity index (χ0) is 9.97. The number of aliphatic hydroxyl groups excluding tert-OH is 1. The molecule has 78 valence electrons. The molecule has 0 unspecified atom stereocenters. The number of likely N-dealkylation sites (tertiary alicyclic amines) is 1. The third-order valence-corrected chi connectivity index (χ3v) is 3.23. The molecule has 0 aromatic carbocycles. The maximum Gasteiger partial charge on any atom is 0.180 e. The Morgan fingerprint density at radius 3 is 2.86 bits per heavy atom. The van der Waals surface area contributed by atoms with Crippen LogP contribution >= 0.6 is 11.3 Å². The lowest BCUT2D eigenvalue weighted by Crippen LogP contribution is -2.35. The van der Waals surface area contributed by atoms with Crippen LogP contribution in [0.3, 0.4) is 0 Å². The Bertz CT molecular complexity index is 294. The van der Waals surface area contributed by atoms with Crippen molar-refractivity contribution in [3.05, 3.63) is 11.1 Å². The van der Waals surface area contributed by atoms with Gasteiger partial charge in [0, 0.05) is 25.0 Å². The largest absolute Gasteiger partial charge is 0.393 e. The van der Waals surface area contributed by atoms with Crippen LogP contribution in [0.5, 0.6) is 0 Å². The molecule has 1 saturated heterocycles. The van der Waals surface area contributed by atoms with Gasteiger partial charge in [0.2, 0.25) is 0 Å². The van der Waals surface area contributed by atoms with Gasteiger partial charge >= 0.3 is 0 Å². The van der Waals surface area contributed by atoms with Gasteiger partial charge in [-0.3, -0.25) is 4.90 Å². The number of anilines is 1. The minimum Gasteiger partial charge on any atom is -0.393 e. The fourth-order valence-electron chi connectivity index (χ4n) is 1.70. The topological polar surface area (TPSA) is 62.4 Å². The van der Waals surface area contributed by atoms with Crippen LogP contribution in [-0.2, 0) is 6.54 Å². The molecule has 3 N–H and O–H groups in total. The summed E-state index contributed by atoms with van der Waals surface area (Å²) < 4.78 is 0. The molecule has 4 nitrogen and oxygen atoms in total. The van der Waals surface area contributed by atoms with E-state index in [2.05, 4.69) is 9.88 Å². The quantitative estimate of drug-likeness (QED) is 0.758. The Kier molecular flexibility index (Phi) is 3.00. The number of rotatable bonds is 2. The third-order valence-electron chi connectivity index (χ3n) is 2.51. The number of hydrogen-bond donors (Lipinski definition) is 2. The van der Waals surface area contributed by atoms with Crippen LogP contribution in [0.4, 0.5) is 5.13 Å². The summed E-state index contributed by atoms with van der Waals surface area (Å²) in [6, 6.07) is 0. The molecule has 0 bridgehead atoms. The Labute approximate surface area is 87.4 Å². The predicted molar refractivity (Wildman–Crippen MR) is 57.0 cm³/mol. The Hall–Kier alpha value is -0.650. The first-order valence-corrected chi connectivity index (χ1v) is 5.72. The van der Waals surface area contributed by atoms with Gasteiger partial charge in [-0.05, 0) is 12.8 Å².